The van der Waals surface area contributed by atoms with Crippen molar-refractivity contribution in [3.05, 3.63) is 29.3 Å². The minimum Gasteiger partial charge on any atom is -0.455 e. The van der Waals surface area contributed by atoms with Crippen LogP contribution in [0.25, 0.3) is 10.2 Å². The second-order valence-corrected chi connectivity index (χ2v) is 8.74. The van der Waals surface area contributed by atoms with Crippen LogP contribution in [-0.2, 0) is 14.3 Å². The van der Waals surface area contributed by atoms with Crippen molar-refractivity contribution in [2.24, 2.45) is 5.92 Å². The highest BCUT2D eigenvalue weighted by Gasteiger charge is 2.35. The van der Waals surface area contributed by atoms with E-state index in [1.54, 1.807) is 11.3 Å². The van der Waals surface area contributed by atoms with E-state index >= 15 is 0 Å². The van der Waals surface area contributed by atoms with Crippen molar-refractivity contribution >= 4 is 33.4 Å². The summed E-state index contributed by atoms with van der Waals surface area (Å²) in [4.78, 5) is 29.5. The normalized spacial score (nSPS) is 23.4. The van der Waals surface area contributed by atoms with Crippen LogP contribution in [0.5, 0.6) is 0 Å². The monoisotopic (exact) mass is 386 g/mol. The third-order valence-corrected chi connectivity index (χ3v) is 6.93. The van der Waals surface area contributed by atoms with E-state index in [0.29, 0.717) is 0 Å². The fraction of sp³-hybridized carbons (Fsp3) is 0.571. The van der Waals surface area contributed by atoms with Crippen LogP contribution in [0.15, 0.2) is 24.3 Å². The number of carbonyl (C=O) groups excluding carboxylic acids is 2. The molecule has 0 aliphatic heterocycles. The summed E-state index contributed by atoms with van der Waals surface area (Å²) in [6.45, 7) is -0.168. The van der Waals surface area contributed by atoms with Crippen LogP contribution in [0.1, 0.15) is 62.3 Å². The molecular weight excluding hydrogens is 360 g/mol. The Balaban J connectivity index is 1.39. The summed E-state index contributed by atoms with van der Waals surface area (Å²) in [6.07, 6.45) is 8.27. The molecule has 2 fully saturated rings. The summed E-state index contributed by atoms with van der Waals surface area (Å²) in [7, 11) is 0. The highest BCUT2D eigenvalue weighted by molar-refractivity contribution is 7.18. The molecule has 1 amide bonds. The highest BCUT2D eigenvalue weighted by atomic mass is 32.1. The van der Waals surface area contributed by atoms with Gasteiger partial charge >= 0.3 is 5.97 Å². The molecule has 1 aromatic carbocycles. The van der Waals surface area contributed by atoms with E-state index in [0.717, 1.165) is 66.6 Å². The van der Waals surface area contributed by atoms with Crippen LogP contribution < -0.4 is 5.32 Å². The zero-order valence-electron chi connectivity index (χ0n) is 15.5. The molecular formula is C21H26N2O3S. The number of benzene rings is 1. The third-order valence-electron chi connectivity index (χ3n) is 5.76. The predicted molar refractivity (Wildman–Crippen MR) is 106 cm³/mol. The van der Waals surface area contributed by atoms with Gasteiger partial charge in [-0.25, -0.2) is 4.98 Å². The van der Waals surface area contributed by atoms with E-state index in [1.165, 1.54) is 0 Å². The summed E-state index contributed by atoms with van der Waals surface area (Å²) in [5, 5.41) is 3.99. The number of fused-ring (bicyclic) bond motifs is 1. The molecule has 6 heteroatoms. The Morgan fingerprint density at radius 2 is 1.81 bits per heavy atom. The standard InChI is InChI=1S/C21H26N2O3S/c24-19(22-14-7-1-2-8-14)13-26-21(25)16-10-4-3-9-15(16)20-23-17-11-5-6-12-18(17)27-20/h5-6,11-12,14-16H,1-4,7-10,13H2,(H,22,24)/t15-,16+/m0/s1. The van der Waals surface area contributed by atoms with E-state index in [2.05, 4.69) is 11.4 Å². The number of esters is 1. The zero-order chi connectivity index (χ0) is 18.6. The summed E-state index contributed by atoms with van der Waals surface area (Å²) < 4.78 is 6.56. The van der Waals surface area contributed by atoms with Gasteiger partial charge in [0, 0.05) is 12.0 Å². The van der Waals surface area contributed by atoms with Gasteiger partial charge in [-0.2, -0.15) is 0 Å². The van der Waals surface area contributed by atoms with Gasteiger partial charge in [0.2, 0.25) is 0 Å². The third kappa shape index (κ3) is 4.32. The molecule has 2 aliphatic carbocycles. The first-order chi connectivity index (χ1) is 13.2. The summed E-state index contributed by atoms with van der Waals surface area (Å²) >= 11 is 1.67. The molecule has 144 valence electrons. The van der Waals surface area contributed by atoms with E-state index in [1.807, 2.05) is 18.2 Å². The van der Waals surface area contributed by atoms with Crippen LogP contribution in [0.4, 0.5) is 0 Å². The fourth-order valence-electron chi connectivity index (χ4n) is 4.34. The molecule has 0 saturated heterocycles. The lowest BCUT2D eigenvalue weighted by Crippen LogP contribution is -2.37. The number of para-hydroxylation sites is 1. The second kappa shape index (κ2) is 8.38. The molecule has 2 aliphatic rings. The average molecular weight is 387 g/mol. The largest absolute Gasteiger partial charge is 0.455 e. The van der Waals surface area contributed by atoms with Gasteiger partial charge in [0.25, 0.3) is 5.91 Å². The van der Waals surface area contributed by atoms with Crippen LogP contribution in [-0.4, -0.2) is 29.5 Å². The first-order valence-corrected chi connectivity index (χ1v) is 10.8. The van der Waals surface area contributed by atoms with Gasteiger partial charge in [-0.3, -0.25) is 9.59 Å². The number of thiazole rings is 1. The molecule has 2 aromatic rings. The number of nitrogens with one attached hydrogen (secondary N) is 1. The Labute approximate surface area is 163 Å². The molecule has 0 unspecified atom stereocenters. The van der Waals surface area contributed by atoms with Crippen molar-refractivity contribution in [1.82, 2.24) is 10.3 Å². The number of nitrogens with zero attached hydrogens (tertiary/aromatic N) is 1. The Kier molecular flexibility index (Phi) is 5.72. The molecule has 1 heterocycles. The predicted octanol–water partition coefficient (Wildman–Crippen LogP) is 4.17. The minimum atomic E-state index is -0.250. The van der Waals surface area contributed by atoms with Crippen molar-refractivity contribution < 1.29 is 14.3 Å². The average Bonchev–Trinajstić information content (AvgIpc) is 3.35. The Morgan fingerprint density at radius 1 is 1.07 bits per heavy atom. The lowest BCUT2D eigenvalue weighted by atomic mass is 9.79. The molecule has 0 radical (unpaired) electrons. The van der Waals surface area contributed by atoms with Crippen molar-refractivity contribution in [3.8, 4) is 0 Å². The van der Waals surface area contributed by atoms with Gasteiger partial charge in [0.05, 0.1) is 21.1 Å². The number of carbonyl (C=O) groups is 2. The molecule has 4 rings (SSSR count). The molecule has 0 spiro atoms. The zero-order valence-corrected chi connectivity index (χ0v) is 16.3. The maximum absolute atomic E-state index is 12.7. The minimum absolute atomic E-state index is 0.0987. The summed E-state index contributed by atoms with van der Waals surface area (Å²) in [5.74, 6) is -0.525. The second-order valence-electron chi connectivity index (χ2n) is 7.67. The Hall–Kier alpha value is -1.95. The van der Waals surface area contributed by atoms with Gasteiger partial charge in [0.1, 0.15) is 0 Å². The van der Waals surface area contributed by atoms with Crippen LogP contribution in [0.3, 0.4) is 0 Å². The first kappa shape index (κ1) is 18.4. The number of hydrogen-bond donors (Lipinski definition) is 1. The quantitative estimate of drug-likeness (QED) is 0.783. The molecule has 5 nitrogen and oxygen atoms in total. The van der Waals surface area contributed by atoms with Crippen molar-refractivity contribution in [1.29, 1.82) is 0 Å². The maximum Gasteiger partial charge on any atom is 0.310 e. The maximum atomic E-state index is 12.7. The number of aromatic nitrogens is 1. The molecule has 1 N–H and O–H groups in total. The van der Waals surface area contributed by atoms with E-state index in [9.17, 15) is 9.59 Å². The number of amides is 1. The van der Waals surface area contributed by atoms with Crippen LogP contribution in [0.2, 0.25) is 0 Å². The molecule has 27 heavy (non-hydrogen) atoms. The van der Waals surface area contributed by atoms with Gasteiger partial charge in [-0.15, -0.1) is 11.3 Å². The van der Waals surface area contributed by atoms with Crippen LogP contribution in [0, 0.1) is 5.92 Å². The first-order valence-electron chi connectivity index (χ1n) is 10.0. The summed E-state index contributed by atoms with van der Waals surface area (Å²) in [6, 6.07) is 8.33. The van der Waals surface area contributed by atoms with E-state index in [4.69, 9.17) is 9.72 Å². The summed E-state index contributed by atoms with van der Waals surface area (Å²) in [5.41, 5.74) is 0.992. The van der Waals surface area contributed by atoms with Crippen molar-refractivity contribution in [3.63, 3.8) is 0 Å². The van der Waals surface area contributed by atoms with Gasteiger partial charge in [-0.05, 0) is 37.8 Å². The lowest BCUT2D eigenvalue weighted by molar-refractivity contribution is -0.154. The Bertz CT molecular complexity index is 780. The van der Waals surface area contributed by atoms with Crippen molar-refractivity contribution in [2.45, 2.75) is 63.3 Å². The lowest BCUT2D eigenvalue weighted by Gasteiger charge is -2.28. The van der Waals surface area contributed by atoms with Gasteiger partial charge in [-0.1, -0.05) is 37.8 Å². The fourth-order valence-corrected chi connectivity index (χ4v) is 5.51. The molecule has 0 bridgehead atoms. The molecule has 2 saturated carbocycles. The SMILES string of the molecule is O=C(COC(=O)[C@@H]1CCCC[C@@H]1c1nc2ccccc2s1)NC1CCCC1. The smallest absolute Gasteiger partial charge is 0.310 e. The topological polar surface area (TPSA) is 68.3 Å². The van der Waals surface area contributed by atoms with Gasteiger partial charge < -0.3 is 10.1 Å². The molecule has 1 aromatic heterocycles. The molecule has 2 atom stereocenters. The van der Waals surface area contributed by atoms with Crippen molar-refractivity contribution in [2.75, 3.05) is 6.61 Å². The van der Waals surface area contributed by atoms with E-state index in [-0.39, 0.29) is 36.4 Å². The Morgan fingerprint density at radius 3 is 2.63 bits per heavy atom. The highest BCUT2D eigenvalue weighted by Crippen LogP contribution is 2.41. The number of rotatable bonds is 5. The van der Waals surface area contributed by atoms with Crippen LogP contribution >= 0.6 is 11.3 Å². The van der Waals surface area contributed by atoms with Gasteiger partial charge in [0.15, 0.2) is 6.61 Å². The number of hydrogen-bond acceptors (Lipinski definition) is 5. The van der Waals surface area contributed by atoms with E-state index < -0.39 is 0 Å². The number of ether oxygens (including phenoxy) is 1.